The van der Waals surface area contributed by atoms with Crippen LogP contribution in [0.2, 0.25) is 0 Å². The Hall–Kier alpha value is -1.55. The molecule has 0 fully saturated rings. The summed E-state index contributed by atoms with van der Waals surface area (Å²) in [6, 6.07) is 1.61. The highest BCUT2D eigenvalue weighted by molar-refractivity contribution is 7.93. The summed E-state index contributed by atoms with van der Waals surface area (Å²) in [6.07, 6.45) is 5.11. The highest BCUT2D eigenvalue weighted by Gasteiger charge is 2.39. The highest BCUT2D eigenvalue weighted by atomic mass is 32.2. The van der Waals surface area contributed by atoms with Gasteiger partial charge in [-0.1, -0.05) is 40.5 Å². The Labute approximate surface area is 197 Å². The van der Waals surface area contributed by atoms with Gasteiger partial charge in [-0.2, -0.15) is 0 Å². The molecule has 7 nitrogen and oxygen atoms in total. The molecule has 13 heteroatoms. The van der Waals surface area contributed by atoms with E-state index in [0.717, 1.165) is 53.8 Å². The molecule has 4 N–H and O–H groups in total. The third-order valence-electron chi connectivity index (χ3n) is 6.75. The fourth-order valence-corrected chi connectivity index (χ4v) is 6.83. The number of carbonyl (C=O) groups is 1. The van der Waals surface area contributed by atoms with Crippen molar-refractivity contribution in [2.24, 2.45) is 9.50 Å². The normalized spacial score (nSPS) is 20.2. The number of nitrogens with one attached hydrogen (secondary N) is 1. The van der Waals surface area contributed by atoms with E-state index in [1.54, 1.807) is 13.8 Å². The molecule has 1 aromatic carbocycles. The van der Waals surface area contributed by atoms with Gasteiger partial charge in [-0.05, 0) is 37.8 Å². The van der Waals surface area contributed by atoms with E-state index >= 15 is 0 Å². The molecular weight excluding hydrogens is 440 g/mol. The monoisotopic (exact) mass is 468 g/mol. The SMILES string of the molecule is BC1(B)CCc2c1cc1c(c2NC(=O)N=S(N)(=O)c2cnc(C(C)(C)O)s2)CCC1(B)B. The lowest BCUT2D eigenvalue weighted by Gasteiger charge is -2.26. The summed E-state index contributed by atoms with van der Waals surface area (Å²) in [5.41, 5.74) is 4.48. The number of nitrogens with two attached hydrogens (primary N) is 1. The third-order valence-corrected chi connectivity index (χ3v) is 9.94. The molecule has 2 aliphatic carbocycles. The summed E-state index contributed by atoms with van der Waals surface area (Å²) in [5, 5.41) is 19.5. The molecule has 0 aliphatic heterocycles. The molecule has 0 saturated carbocycles. The maximum Gasteiger partial charge on any atom is 0.354 e. The van der Waals surface area contributed by atoms with Gasteiger partial charge >= 0.3 is 6.03 Å². The largest absolute Gasteiger partial charge is 0.383 e. The van der Waals surface area contributed by atoms with Gasteiger partial charge in [-0.15, -0.1) is 15.7 Å². The number of nitrogens with zero attached hydrogens (tertiary/aromatic N) is 2. The van der Waals surface area contributed by atoms with Crippen LogP contribution in [-0.4, -0.2) is 51.7 Å². The summed E-state index contributed by atoms with van der Waals surface area (Å²) in [7, 11) is 5.46. The Morgan fingerprint density at radius 3 is 2.22 bits per heavy atom. The number of thiazole rings is 1. The van der Waals surface area contributed by atoms with Gasteiger partial charge in [0, 0.05) is 5.69 Å². The van der Waals surface area contributed by atoms with Gasteiger partial charge in [0.1, 0.15) is 46.2 Å². The van der Waals surface area contributed by atoms with E-state index in [0.29, 0.717) is 5.01 Å². The molecule has 1 aromatic heterocycles. The molecule has 2 amide bonds. The Kier molecular flexibility index (Phi) is 5.52. The number of benzene rings is 1. The molecule has 0 saturated heterocycles. The van der Waals surface area contributed by atoms with Crippen molar-refractivity contribution < 1.29 is 14.1 Å². The van der Waals surface area contributed by atoms with Gasteiger partial charge in [0.15, 0.2) is 9.92 Å². The first-order valence-electron chi connectivity index (χ1n) is 10.9. The zero-order chi connectivity index (χ0) is 23.7. The van der Waals surface area contributed by atoms with Crippen LogP contribution in [0.15, 0.2) is 20.8 Å². The van der Waals surface area contributed by atoms with Gasteiger partial charge in [0.2, 0.25) is 0 Å². The summed E-state index contributed by atoms with van der Waals surface area (Å²) in [4.78, 5) is 17.0. The Bertz CT molecular complexity index is 1200. The van der Waals surface area contributed by atoms with Gasteiger partial charge in [-0.25, -0.2) is 19.1 Å². The van der Waals surface area contributed by atoms with E-state index in [1.807, 2.05) is 0 Å². The lowest BCUT2D eigenvalue weighted by Crippen LogP contribution is -2.27. The zero-order valence-corrected chi connectivity index (χ0v) is 21.2. The number of aromatic nitrogens is 1. The van der Waals surface area contributed by atoms with Crippen LogP contribution in [0, 0.1) is 0 Å². The van der Waals surface area contributed by atoms with Crippen LogP contribution in [0.4, 0.5) is 10.5 Å². The topological polar surface area (TPSA) is 118 Å². The molecule has 2 aromatic rings. The van der Waals surface area contributed by atoms with Crippen LogP contribution in [-0.2, 0) is 38.8 Å². The Balaban J connectivity index is 1.73. The van der Waals surface area contributed by atoms with Crippen molar-refractivity contribution in [3.05, 3.63) is 39.5 Å². The van der Waals surface area contributed by atoms with Crippen molar-refractivity contribution in [3.8, 4) is 0 Å². The molecule has 2 aliphatic rings. The summed E-state index contributed by atoms with van der Waals surface area (Å²) >= 11 is 0.999. The van der Waals surface area contributed by atoms with Crippen LogP contribution >= 0.6 is 11.3 Å². The van der Waals surface area contributed by atoms with E-state index in [9.17, 15) is 14.1 Å². The number of urea groups is 1. The second-order valence-corrected chi connectivity index (χ2v) is 13.8. The fourth-order valence-electron chi connectivity index (χ4n) is 4.77. The minimum absolute atomic E-state index is 0.0389. The average Bonchev–Trinajstić information content (AvgIpc) is 3.32. The predicted octanol–water partition coefficient (Wildman–Crippen LogP) is -0.966. The second kappa shape index (κ2) is 7.48. The van der Waals surface area contributed by atoms with Gasteiger partial charge < -0.3 is 10.4 Å². The maximum absolute atomic E-state index is 13.0. The van der Waals surface area contributed by atoms with E-state index in [1.165, 1.54) is 17.3 Å². The maximum atomic E-state index is 13.0. The van der Waals surface area contributed by atoms with Gasteiger partial charge in [0.25, 0.3) is 0 Å². The minimum atomic E-state index is -3.49. The first-order chi connectivity index (χ1) is 14.6. The Morgan fingerprint density at radius 1 is 1.22 bits per heavy atom. The Morgan fingerprint density at radius 2 is 1.75 bits per heavy atom. The van der Waals surface area contributed by atoms with E-state index in [2.05, 4.69) is 52.1 Å². The van der Waals surface area contributed by atoms with Crippen LogP contribution < -0.4 is 10.5 Å². The van der Waals surface area contributed by atoms with Crippen LogP contribution in [0.25, 0.3) is 0 Å². The van der Waals surface area contributed by atoms with Crippen molar-refractivity contribution in [1.29, 1.82) is 0 Å². The summed E-state index contributed by atoms with van der Waals surface area (Å²) in [5.74, 6) is 0. The highest BCUT2D eigenvalue weighted by Crippen LogP contribution is 2.47. The van der Waals surface area contributed by atoms with Crippen LogP contribution in [0.3, 0.4) is 0 Å². The molecule has 0 radical (unpaired) electrons. The van der Waals surface area contributed by atoms with Crippen LogP contribution in [0.1, 0.15) is 54.0 Å². The summed E-state index contributed by atoms with van der Waals surface area (Å²) < 4.78 is 17.0. The standard InChI is InChI=1S/C19H28B4N4O3S2/c1-17(2,29)15-25-8-13(31-15)32(24,30)27-16(28)26-14-9-3-5-18(20,21)11(9)7-12-10(14)4-6-19(12,22)23/h7-8,29H,3-6,20-23H2,1-2H3,(H3,24,26,27,28,30). The first-order valence-corrected chi connectivity index (χ1v) is 13.3. The minimum Gasteiger partial charge on any atom is -0.383 e. The third kappa shape index (κ3) is 4.08. The van der Waals surface area contributed by atoms with Crippen molar-refractivity contribution >= 4 is 64.4 Å². The van der Waals surface area contributed by atoms with Crippen molar-refractivity contribution in [3.63, 3.8) is 0 Å². The molecule has 4 rings (SSSR count). The number of anilines is 1. The zero-order valence-electron chi connectivity index (χ0n) is 19.5. The number of hydrogen-bond acceptors (Lipinski definition) is 5. The van der Waals surface area contributed by atoms with Crippen molar-refractivity contribution in [2.75, 3.05) is 5.32 Å². The molecule has 1 heterocycles. The number of carbonyl (C=O) groups excluding carboxylic acids is 1. The molecular formula is C19H28B4N4O3S2. The lowest BCUT2D eigenvalue weighted by atomic mass is 9.49. The number of amides is 2. The molecule has 1 unspecified atom stereocenters. The molecule has 0 bridgehead atoms. The van der Waals surface area contributed by atoms with E-state index < -0.39 is 21.5 Å². The molecule has 0 spiro atoms. The smallest absolute Gasteiger partial charge is 0.354 e. The quantitative estimate of drug-likeness (QED) is 0.504. The number of rotatable bonds is 3. The van der Waals surface area contributed by atoms with Crippen molar-refractivity contribution in [2.45, 2.75) is 59.8 Å². The summed E-state index contributed by atoms with van der Waals surface area (Å²) in [6.45, 7) is 3.16. The van der Waals surface area contributed by atoms with Crippen molar-refractivity contribution in [1.82, 2.24) is 4.98 Å². The fraction of sp³-hybridized carbons (Fsp3) is 0.474. The molecule has 1 atom stereocenters. The van der Waals surface area contributed by atoms with E-state index in [-0.39, 0.29) is 14.6 Å². The average molecular weight is 468 g/mol. The predicted molar refractivity (Wildman–Crippen MR) is 140 cm³/mol. The number of hydrogen-bond donors (Lipinski definition) is 3. The molecule has 32 heavy (non-hydrogen) atoms. The lowest BCUT2D eigenvalue weighted by molar-refractivity contribution is 0.0783. The number of aliphatic hydroxyl groups is 1. The van der Waals surface area contributed by atoms with Gasteiger partial charge in [0.05, 0.1) is 6.20 Å². The second-order valence-electron chi connectivity index (χ2n) is 10.7. The molecule has 166 valence electrons. The first kappa shape index (κ1) is 23.6. The number of fused-ring (bicyclic) bond motifs is 2. The van der Waals surface area contributed by atoms with E-state index in [4.69, 9.17) is 5.14 Å². The van der Waals surface area contributed by atoms with Gasteiger partial charge in [-0.3, -0.25) is 0 Å². The van der Waals surface area contributed by atoms with Crippen LogP contribution in [0.5, 0.6) is 0 Å².